The molecule has 7 heteroatoms. The lowest BCUT2D eigenvalue weighted by Crippen LogP contribution is -2.42. The van der Waals surface area contributed by atoms with Crippen molar-refractivity contribution in [2.75, 3.05) is 18.5 Å². The molecule has 0 amide bonds. The minimum atomic E-state index is -0.563. The van der Waals surface area contributed by atoms with Crippen LogP contribution in [0.1, 0.15) is 6.42 Å². The number of halogens is 2. The normalized spacial score (nSPS) is 25.4. The summed E-state index contributed by atoms with van der Waals surface area (Å²) in [6.45, 7) is 0.926. The molecule has 1 aromatic heterocycles. The monoisotopic (exact) mass is 263 g/mol. The van der Waals surface area contributed by atoms with Gasteiger partial charge in [-0.2, -0.15) is 4.98 Å². The zero-order valence-electron chi connectivity index (χ0n) is 8.36. The molecule has 2 N–H and O–H groups in total. The molecule has 88 valence electrons. The van der Waals surface area contributed by atoms with E-state index in [9.17, 15) is 5.11 Å². The summed E-state index contributed by atoms with van der Waals surface area (Å²) in [5, 5.41) is 13.2. The first kappa shape index (κ1) is 11.9. The third-order valence-electron chi connectivity index (χ3n) is 2.34. The van der Waals surface area contributed by atoms with E-state index < -0.39 is 6.10 Å². The van der Waals surface area contributed by atoms with Gasteiger partial charge in [0, 0.05) is 6.61 Å². The van der Waals surface area contributed by atoms with Crippen LogP contribution < -0.4 is 5.32 Å². The van der Waals surface area contributed by atoms with Crippen LogP contribution in [-0.4, -0.2) is 40.4 Å². The summed E-state index contributed by atoms with van der Waals surface area (Å²) in [4.78, 5) is 7.94. The summed E-state index contributed by atoms with van der Waals surface area (Å²) in [7, 11) is 0. The molecule has 1 saturated heterocycles. The van der Waals surface area contributed by atoms with Crippen LogP contribution in [-0.2, 0) is 4.74 Å². The van der Waals surface area contributed by atoms with Gasteiger partial charge >= 0.3 is 0 Å². The molecule has 16 heavy (non-hydrogen) atoms. The van der Waals surface area contributed by atoms with E-state index in [4.69, 9.17) is 27.9 Å². The van der Waals surface area contributed by atoms with Gasteiger partial charge < -0.3 is 15.2 Å². The van der Waals surface area contributed by atoms with Crippen LogP contribution in [0.4, 0.5) is 5.95 Å². The number of anilines is 1. The van der Waals surface area contributed by atoms with Crippen molar-refractivity contribution < 1.29 is 9.84 Å². The average Bonchev–Trinajstić information content (AvgIpc) is 2.27. The predicted octanol–water partition coefficient (Wildman–Crippen LogP) is 1.35. The quantitative estimate of drug-likeness (QED) is 0.789. The number of nitrogens with one attached hydrogen (secondary N) is 1. The lowest BCUT2D eigenvalue weighted by atomic mass is 10.1. The SMILES string of the molecule is O[C@@H]1COCC[C@H]1Nc1ncc(Cl)c(Cl)n1. The maximum atomic E-state index is 9.65. The summed E-state index contributed by atoms with van der Waals surface area (Å²) < 4.78 is 5.11. The van der Waals surface area contributed by atoms with Crippen molar-refractivity contribution in [3.05, 3.63) is 16.4 Å². The van der Waals surface area contributed by atoms with E-state index in [2.05, 4.69) is 15.3 Å². The fourth-order valence-electron chi connectivity index (χ4n) is 1.47. The smallest absolute Gasteiger partial charge is 0.224 e. The first-order valence-corrected chi connectivity index (χ1v) is 5.63. The standard InChI is InChI=1S/C9H11Cl2N3O2/c10-5-3-12-9(14-8(5)11)13-6-1-2-16-4-7(6)15/h3,6-7,15H,1-2,4H2,(H,12,13,14)/t6-,7-/m1/s1. The largest absolute Gasteiger partial charge is 0.389 e. The zero-order valence-corrected chi connectivity index (χ0v) is 9.87. The Labute approximate surface area is 103 Å². The van der Waals surface area contributed by atoms with Crippen LogP contribution in [0.5, 0.6) is 0 Å². The van der Waals surface area contributed by atoms with Gasteiger partial charge in [0.15, 0.2) is 5.15 Å². The maximum Gasteiger partial charge on any atom is 0.224 e. The summed E-state index contributed by atoms with van der Waals surface area (Å²) in [5.74, 6) is 0.361. The number of nitrogens with zero attached hydrogens (tertiary/aromatic N) is 2. The highest BCUT2D eigenvalue weighted by Crippen LogP contribution is 2.20. The molecule has 1 fully saturated rings. The van der Waals surface area contributed by atoms with Crippen LogP contribution in [0.15, 0.2) is 6.20 Å². The van der Waals surface area contributed by atoms with E-state index in [0.717, 1.165) is 0 Å². The summed E-state index contributed by atoms with van der Waals surface area (Å²) in [6.07, 6.45) is 1.56. The lowest BCUT2D eigenvalue weighted by Gasteiger charge is -2.28. The molecule has 0 radical (unpaired) electrons. The number of hydrogen-bond acceptors (Lipinski definition) is 5. The number of rotatable bonds is 2. The van der Waals surface area contributed by atoms with Gasteiger partial charge in [-0.05, 0) is 6.42 Å². The van der Waals surface area contributed by atoms with Gasteiger partial charge in [0.25, 0.3) is 0 Å². The van der Waals surface area contributed by atoms with Crippen LogP contribution in [0.3, 0.4) is 0 Å². The van der Waals surface area contributed by atoms with E-state index in [1.165, 1.54) is 6.20 Å². The molecule has 0 saturated carbocycles. The molecule has 0 aliphatic carbocycles. The molecule has 0 spiro atoms. The highest BCUT2D eigenvalue weighted by atomic mass is 35.5. The first-order chi connectivity index (χ1) is 7.66. The van der Waals surface area contributed by atoms with E-state index in [0.29, 0.717) is 30.6 Å². The first-order valence-electron chi connectivity index (χ1n) is 4.87. The fourth-order valence-corrected chi connectivity index (χ4v) is 1.69. The van der Waals surface area contributed by atoms with Crippen molar-refractivity contribution in [2.45, 2.75) is 18.6 Å². The molecule has 2 heterocycles. The maximum absolute atomic E-state index is 9.65. The van der Waals surface area contributed by atoms with Crippen LogP contribution in [0, 0.1) is 0 Å². The predicted molar refractivity (Wildman–Crippen MR) is 60.9 cm³/mol. The molecule has 1 aliphatic rings. The number of aliphatic hydroxyl groups is 1. The van der Waals surface area contributed by atoms with E-state index in [-0.39, 0.29) is 11.2 Å². The molecule has 1 aromatic rings. The second kappa shape index (κ2) is 5.14. The Morgan fingerprint density at radius 3 is 3.00 bits per heavy atom. The molecular weight excluding hydrogens is 253 g/mol. The second-order valence-corrected chi connectivity index (χ2v) is 4.28. The second-order valence-electron chi connectivity index (χ2n) is 3.51. The van der Waals surface area contributed by atoms with Crippen LogP contribution >= 0.6 is 23.2 Å². The number of ether oxygens (including phenoxy) is 1. The third kappa shape index (κ3) is 2.74. The molecule has 2 rings (SSSR count). The van der Waals surface area contributed by atoms with Gasteiger partial charge in [-0.25, -0.2) is 4.98 Å². The van der Waals surface area contributed by atoms with E-state index in [1.54, 1.807) is 0 Å². The zero-order chi connectivity index (χ0) is 11.5. The third-order valence-corrected chi connectivity index (χ3v) is 3.00. The van der Waals surface area contributed by atoms with Crippen molar-refractivity contribution >= 4 is 29.2 Å². The highest BCUT2D eigenvalue weighted by molar-refractivity contribution is 6.41. The Bertz CT molecular complexity index is 378. The lowest BCUT2D eigenvalue weighted by molar-refractivity contribution is -0.0136. The summed E-state index contributed by atoms with van der Waals surface area (Å²) in [5.41, 5.74) is 0. The number of hydrogen-bond donors (Lipinski definition) is 2. The van der Waals surface area contributed by atoms with Gasteiger partial charge in [-0.1, -0.05) is 23.2 Å². The Balaban J connectivity index is 2.05. The minimum absolute atomic E-state index is 0.119. The summed E-state index contributed by atoms with van der Waals surface area (Å²) in [6, 6.07) is -0.119. The summed E-state index contributed by atoms with van der Waals surface area (Å²) >= 11 is 11.5. The Kier molecular flexibility index (Phi) is 3.81. The van der Waals surface area contributed by atoms with Gasteiger partial charge in [0.2, 0.25) is 5.95 Å². The van der Waals surface area contributed by atoms with Gasteiger partial charge in [0.1, 0.15) is 0 Å². The fraction of sp³-hybridized carbons (Fsp3) is 0.556. The van der Waals surface area contributed by atoms with Gasteiger partial charge in [0.05, 0.1) is 30.0 Å². The van der Waals surface area contributed by atoms with Gasteiger partial charge in [-0.15, -0.1) is 0 Å². The molecular formula is C9H11Cl2N3O2. The van der Waals surface area contributed by atoms with Crippen molar-refractivity contribution in [3.8, 4) is 0 Å². The average molecular weight is 264 g/mol. The number of aliphatic hydroxyl groups excluding tert-OH is 1. The molecule has 0 bridgehead atoms. The molecule has 1 aliphatic heterocycles. The topological polar surface area (TPSA) is 67.3 Å². The highest BCUT2D eigenvalue weighted by Gasteiger charge is 2.24. The molecule has 5 nitrogen and oxygen atoms in total. The Hall–Kier alpha value is -0.620. The van der Waals surface area contributed by atoms with Crippen LogP contribution in [0.25, 0.3) is 0 Å². The van der Waals surface area contributed by atoms with E-state index in [1.807, 2.05) is 0 Å². The van der Waals surface area contributed by atoms with Crippen molar-refractivity contribution in [2.24, 2.45) is 0 Å². The van der Waals surface area contributed by atoms with Crippen molar-refractivity contribution in [3.63, 3.8) is 0 Å². The Morgan fingerprint density at radius 2 is 2.31 bits per heavy atom. The Morgan fingerprint density at radius 1 is 1.50 bits per heavy atom. The molecule has 0 aromatic carbocycles. The number of aromatic nitrogens is 2. The van der Waals surface area contributed by atoms with Crippen molar-refractivity contribution in [1.82, 2.24) is 9.97 Å². The van der Waals surface area contributed by atoms with E-state index >= 15 is 0 Å². The molecule has 0 unspecified atom stereocenters. The molecule has 2 atom stereocenters. The minimum Gasteiger partial charge on any atom is -0.389 e. The van der Waals surface area contributed by atoms with Crippen molar-refractivity contribution in [1.29, 1.82) is 0 Å². The van der Waals surface area contributed by atoms with Crippen LogP contribution in [0.2, 0.25) is 10.2 Å². The van der Waals surface area contributed by atoms with Gasteiger partial charge in [-0.3, -0.25) is 0 Å².